The van der Waals surface area contributed by atoms with Crippen LogP contribution in [0.1, 0.15) is 55.2 Å². The summed E-state index contributed by atoms with van der Waals surface area (Å²) in [6, 6.07) is 13.7. The minimum Gasteiger partial charge on any atom is -0.497 e. The Morgan fingerprint density at radius 2 is 1.62 bits per heavy atom. The molecular weight excluding hydrogens is 445 g/mol. The van der Waals surface area contributed by atoms with Crippen LogP contribution in [0.4, 0.5) is 5.69 Å². The Morgan fingerprint density at radius 3 is 2.18 bits per heavy atom. The summed E-state index contributed by atoms with van der Waals surface area (Å²) in [6.45, 7) is 4.30. The fourth-order valence-corrected chi connectivity index (χ4v) is 11.5. The number of hydrogen-bond donors (Lipinski definition) is 1. The Hall–Kier alpha value is -2.39. The monoisotopic (exact) mass is 482 g/mol. The first-order valence-electron chi connectivity index (χ1n) is 12.4. The van der Waals surface area contributed by atoms with Crippen LogP contribution in [0, 0.1) is 13.8 Å². The number of esters is 1. The largest absolute Gasteiger partial charge is 0.497 e. The van der Waals surface area contributed by atoms with Crippen LogP contribution in [0.3, 0.4) is 0 Å². The molecule has 34 heavy (non-hydrogen) atoms. The van der Waals surface area contributed by atoms with E-state index in [4.69, 9.17) is 9.47 Å². The molecule has 2 aromatic carbocycles. The van der Waals surface area contributed by atoms with E-state index in [9.17, 15) is 9.59 Å². The Morgan fingerprint density at radius 1 is 0.971 bits per heavy atom. The van der Waals surface area contributed by atoms with E-state index in [1.165, 1.54) is 6.42 Å². The SMILES string of the molecule is COc1cc(C)c(NC(=O)C2([P+]3(CC(=O)OCc4ccccc4)CCCCC3)CCC2)c(C)c1. The van der Waals surface area contributed by atoms with E-state index in [-0.39, 0.29) is 11.9 Å². The van der Waals surface area contributed by atoms with E-state index in [1.807, 2.05) is 56.3 Å². The molecule has 5 nitrogen and oxygen atoms in total. The van der Waals surface area contributed by atoms with Gasteiger partial charge in [0, 0.05) is 12.9 Å². The number of aryl methyl sites for hydroxylation is 2. The minimum absolute atomic E-state index is 0.112. The third-order valence-electron chi connectivity index (χ3n) is 7.84. The van der Waals surface area contributed by atoms with Crippen LogP contribution in [0.2, 0.25) is 0 Å². The van der Waals surface area contributed by atoms with Gasteiger partial charge < -0.3 is 14.8 Å². The van der Waals surface area contributed by atoms with Gasteiger partial charge in [-0.25, -0.2) is 4.79 Å². The molecule has 2 aliphatic rings. The van der Waals surface area contributed by atoms with Crippen molar-refractivity contribution < 1.29 is 19.1 Å². The number of benzene rings is 2. The molecule has 1 heterocycles. The third-order valence-corrected chi connectivity index (χ3v) is 13.5. The number of carbonyl (C=O) groups excluding carboxylic acids is 2. The standard InChI is InChI=1S/C28H36NO4P/c1-21-17-24(32-3)18-22(2)26(21)29-27(31)28(13-10-14-28)34(15-8-5-9-16-34)20-25(30)33-19-23-11-6-4-7-12-23/h4,6-7,11-12,17-18H,5,8-10,13-16,19-20H2,1-3H3/p+1. The molecule has 1 saturated heterocycles. The lowest BCUT2D eigenvalue weighted by atomic mass is 9.83. The molecule has 0 radical (unpaired) electrons. The lowest BCUT2D eigenvalue weighted by Gasteiger charge is -2.50. The van der Waals surface area contributed by atoms with Crippen LogP contribution in [-0.2, 0) is 20.9 Å². The van der Waals surface area contributed by atoms with Crippen LogP contribution in [0.15, 0.2) is 42.5 Å². The molecule has 1 saturated carbocycles. The van der Waals surface area contributed by atoms with E-state index >= 15 is 0 Å². The van der Waals surface area contributed by atoms with E-state index < -0.39 is 12.4 Å². The number of methoxy groups -OCH3 is 1. The molecule has 0 aromatic heterocycles. The van der Waals surface area contributed by atoms with Gasteiger partial charge in [0.1, 0.15) is 12.4 Å². The van der Waals surface area contributed by atoms with E-state index in [2.05, 4.69) is 5.32 Å². The van der Waals surface area contributed by atoms with Crippen molar-refractivity contribution in [3.8, 4) is 5.75 Å². The summed E-state index contributed by atoms with van der Waals surface area (Å²) in [5, 5.41) is 2.90. The second-order valence-corrected chi connectivity index (χ2v) is 14.3. The quantitative estimate of drug-likeness (QED) is 0.364. The number of rotatable bonds is 8. The predicted molar refractivity (Wildman–Crippen MR) is 139 cm³/mol. The van der Waals surface area contributed by atoms with Crippen molar-refractivity contribution in [1.82, 2.24) is 0 Å². The topological polar surface area (TPSA) is 64.6 Å². The van der Waals surface area contributed by atoms with Crippen molar-refractivity contribution in [2.24, 2.45) is 0 Å². The minimum atomic E-state index is -1.85. The van der Waals surface area contributed by atoms with Crippen LogP contribution in [0.5, 0.6) is 5.75 Å². The molecule has 0 unspecified atom stereocenters. The van der Waals surface area contributed by atoms with Gasteiger partial charge in [0.2, 0.25) is 0 Å². The van der Waals surface area contributed by atoms with Crippen LogP contribution >= 0.6 is 7.26 Å². The van der Waals surface area contributed by atoms with E-state index in [0.717, 1.165) is 72.6 Å². The van der Waals surface area contributed by atoms with Gasteiger partial charge in [-0.1, -0.05) is 30.3 Å². The second-order valence-electron chi connectivity index (χ2n) is 9.93. The molecular formula is C28H37NO4P+. The number of carbonyl (C=O) groups is 2. The summed E-state index contributed by atoms with van der Waals surface area (Å²) < 4.78 is 11.1. The van der Waals surface area contributed by atoms with Gasteiger partial charge >= 0.3 is 5.97 Å². The number of amides is 1. The Kier molecular flexibility index (Phi) is 7.62. The Balaban J connectivity index is 1.55. The molecule has 2 aromatic rings. The molecule has 0 spiro atoms. The maximum Gasteiger partial charge on any atom is 0.344 e. The first-order valence-corrected chi connectivity index (χ1v) is 14.8. The summed E-state index contributed by atoms with van der Waals surface area (Å²) in [4.78, 5) is 27.1. The molecule has 1 amide bonds. The zero-order valence-electron chi connectivity index (χ0n) is 20.7. The van der Waals surface area contributed by atoms with Gasteiger partial charge in [-0.3, -0.25) is 4.79 Å². The zero-order chi connectivity index (χ0) is 24.2. The highest BCUT2D eigenvalue weighted by molar-refractivity contribution is 7.79. The third kappa shape index (κ3) is 4.86. The highest BCUT2D eigenvalue weighted by Crippen LogP contribution is 2.77. The number of anilines is 1. The number of hydrogen-bond acceptors (Lipinski definition) is 4. The van der Waals surface area contributed by atoms with Crippen molar-refractivity contribution in [2.45, 2.75) is 64.1 Å². The van der Waals surface area contributed by atoms with Crippen molar-refractivity contribution >= 4 is 24.8 Å². The summed E-state index contributed by atoms with van der Waals surface area (Å²) in [7, 11) is -0.196. The van der Waals surface area contributed by atoms with Crippen molar-refractivity contribution in [1.29, 1.82) is 0 Å². The summed E-state index contributed by atoms with van der Waals surface area (Å²) >= 11 is 0. The molecule has 1 aliphatic heterocycles. The fourth-order valence-electron chi connectivity index (χ4n) is 5.78. The molecule has 1 aliphatic carbocycles. The molecule has 0 atom stereocenters. The predicted octanol–water partition coefficient (Wildman–Crippen LogP) is 6.12. The van der Waals surface area contributed by atoms with E-state index in [1.54, 1.807) is 7.11 Å². The summed E-state index contributed by atoms with van der Waals surface area (Å²) in [5.41, 5.74) is 3.86. The second kappa shape index (κ2) is 10.5. The van der Waals surface area contributed by atoms with Crippen LogP contribution in [0.25, 0.3) is 0 Å². The maximum atomic E-state index is 14.0. The van der Waals surface area contributed by atoms with Gasteiger partial charge in [0.05, 0.1) is 19.4 Å². The zero-order valence-corrected chi connectivity index (χ0v) is 21.6. The molecule has 6 heteroatoms. The van der Waals surface area contributed by atoms with Gasteiger partial charge in [-0.05, 0) is 81.2 Å². The van der Waals surface area contributed by atoms with Gasteiger partial charge in [0.15, 0.2) is 11.3 Å². The molecule has 0 bridgehead atoms. The summed E-state index contributed by atoms with van der Waals surface area (Å²) in [6.07, 6.45) is 8.67. The average Bonchev–Trinajstić information content (AvgIpc) is 2.80. The van der Waals surface area contributed by atoms with Crippen LogP contribution < -0.4 is 10.1 Å². The first-order chi connectivity index (χ1) is 16.4. The lowest BCUT2D eigenvalue weighted by Crippen LogP contribution is -2.53. The number of nitrogens with one attached hydrogen (secondary N) is 1. The fraction of sp³-hybridized carbons (Fsp3) is 0.500. The molecule has 182 valence electrons. The Bertz CT molecular complexity index is 1000. The highest BCUT2D eigenvalue weighted by atomic mass is 31.2. The van der Waals surface area contributed by atoms with Gasteiger partial charge in [-0.15, -0.1) is 0 Å². The maximum absolute atomic E-state index is 14.0. The molecule has 2 fully saturated rings. The van der Waals surface area contributed by atoms with Crippen molar-refractivity contribution in [3.63, 3.8) is 0 Å². The molecule has 1 N–H and O–H groups in total. The average molecular weight is 483 g/mol. The normalized spacial score (nSPS) is 18.4. The van der Waals surface area contributed by atoms with Gasteiger partial charge in [0.25, 0.3) is 5.91 Å². The van der Waals surface area contributed by atoms with Crippen molar-refractivity contribution in [2.75, 3.05) is 30.9 Å². The van der Waals surface area contributed by atoms with Crippen molar-refractivity contribution in [3.05, 3.63) is 59.2 Å². The smallest absolute Gasteiger partial charge is 0.344 e. The Labute approximate surface area is 204 Å². The highest BCUT2D eigenvalue weighted by Gasteiger charge is 2.66. The molecule has 4 rings (SSSR count). The van der Waals surface area contributed by atoms with Crippen LogP contribution in [-0.4, -0.2) is 42.6 Å². The summed E-state index contributed by atoms with van der Waals surface area (Å²) in [5.74, 6) is 0.764. The van der Waals surface area contributed by atoms with Gasteiger partial charge in [-0.2, -0.15) is 0 Å². The lowest BCUT2D eigenvalue weighted by molar-refractivity contribution is -0.141. The first kappa shape index (κ1) is 24.7. The number of ether oxygens (including phenoxy) is 2. The van der Waals surface area contributed by atoms with E-state index in [0.29, 0.717) is 12.8 Å².